The third kappa shape index (κ3) is 11.2. The molecule has 3 atom stereocenters. The lowest BCUT2D eigenvalue weighted by atomic mass is 9.91. The van der Waals surface area contributed by atoms with E-state index in [1.807, 2.05) is 0 Å². The molecular formula is C23H39F7O2. The van der Waals surface area contributed by atoms with E-state index < -0.39 is 36.5 Å². The van der Waals surface area contributed by atoms with Crippen molar-refractivity contribution in [1.82, 2.24) is 0 Å². The molecule has 0 aromatic heterocycles. The van der Waals surface area contributed by atoms with Crippen molar-refractivity contribution in [2.24, 2.45) is 23.7 Å². The normalized spacial score (nSPS) is 16.2. The number of esters is 1. The van der Waals surface area contributed by atoms with Gasteiger partial charge in [-0.05, 0) is 24.2 Å². The van der Waals surface area contributed by atoms with Crippen LogP contribution in [0.25, 0.3) is 0 Å². The molecule has 0 saturated carbocycles. The predicted octanol–water partition coefficient (Wildman–Crippen LogP) is 8.44. The molecule has 3 unspecified atom stereocenters. The van der Waals surface area contributed by atoms with E-state index in [0.717, 1.165) is 31.6 Å². The number of alkyl halides is 7. The average molecular weight is 481 g/mol. The zero-order valence-corrected chi connectivity index (χ0v) is 19.8. The monoisotopic (exact) mass is 480 g/mol. The van der Waals surface area contributed by atoms with Crippen LogP contribution < -0.4 is 0 Å². The van der Waals surface area contributed by atoms with E-state index in [2.05, 4.69) is 32.4 Å². The summed E-state index contributed by atoms with van der Waals surface area (Å²) in [6.07, 6.45) is 2.26. The highest BCUT2D eigenvalue weighted by Gasteiger charge is 2.73. The molecule has 0 saturated heterocycles. The highest BCUT2D eigenvalue weighted by molar-refractivity contribution is 5.71. The van der Waals surface area contributed by atoms with Gasteiger partial charge in [-0.25, -0.2) is 0 Å². The van der Waals surface area contributed by atoms with Crippen LogP contribution in [0, 0.1) is 23.7 Å². The maximum atomic E-state index is 13.2. The first-order chi connectivity index (χ1) is 14.5. The van der Waals surface area contributed by atoms with Gasteiger partial charge in [0.25, 0.3) is 0 Å². The lowest BCUT2D eigenvalue weighted by Crippen LogP contribution is -2.54. The van der Waals surface area contributed by atoms with Crippen LogP contribution in [-0.2, 0) is 9.53 Å². The number of ether oxygens (including phenoxy) is 1. The second-order valence-corrected chi connectivity index (χ2v) is 9.68. The Kier molecular flexibility index (Phi) is 13.2. The number of rotatable bonds is 16. The van der Waals surface area contributed by atoms with E-state index in [1.165, 1.54) is 26.2 Å². The van der Waals surface area contributed by atoms with Crippen LogP contribution >= 0.6 is 0 Å². The van der Waals surface area contributed by atoms with Gasteiger partial charge in [0.2, 0.25) is 0 Å². The second kappa shape index (κ2) is 13.6. The van der Waals surface area contributed by atoms with Crippen LogP contribution in [0.4, 0.5) is 30.7 Å². The quantitative estimate of drug-likeness (QED) is 0.164. The predicted molar refractivity (Wildman–Crippen MR) is 111 cm³/mol. The molecule has 0 radical (unpaired) electrons. The smallest absolute Gasteiger partial charge is 0.459 e. The lowest BCUT2D eigenvalue weighted by molar-refractivity contribution is -0.360. The molecule has 0 rings (SSSR count). The summed E-state index contributed by atoms with van der Waals surface area (Å²) >= 11 is 0. The van der Waals surface area contributed by atoms with Gasteiger partial charge in [-0.2, -0.15) is 30.7 Å². The highest BCUT2D eigenvalue weighted by atomic mass is 19.4. The Balaban J connectivity index is 4.15. The van der Waals surface area contributed by atoms with E-state index in [4.69, 9.17) is 0 Å². The first-order valence-corrected chi connectivity index (χ1v) is 11.5. The summed E-state index contributed by atoms with van der Waals surface area (Å²) in [5, 5.41) is 0. The Morgan fingerprint density at radius 2 is 1.09 bits per heavy atom. The number of hydrogen-bond acceptors (Lipinski definition) is 2. The molecule has 0 fully saturated rings. The van der Waals surface area contributed by atoms with Crippen LogP contribution in [0.1, 0.15) is 92.4 Å². The maximum Gasteiger partial charge on any atom is 0.460 e. The molecule has 0 N–H and O–H groups in total. The molecule has 0 aliphatic rings. The Labute approximate surface area is 187 Å². The summed E-state index contributed by atoms with van der Waals surface area (Å²) in [5.74, 6) is -12.1. The Morgan fingerprint density at radius 1 is 0.688 bits per heavy atom. The van der Waals surface area contributed by atoms with Crippen LogP contribution in [0.5, 0.6) is 0 Å². The van der Waals surface area contributed by atoms with Gasteiger partial charge in [-0.15, -0.1) is 0 Å². The third-order valence-corrected chi connectivity index (χ3v) is 5.82. The van der Waals surface area contributed by atoms with Crippen molar-refractivity contribution in [1.29, 1.82) is 0 Å². The summed E-state index contributed by atoms with van der Waals surface area (Å²) < 4.78 is 92.5. The van der Waals surface area contributed by atoms with Crippen molar-refractivity contribution in [3.63, 3.8) is 0 Å². The molecule has 2 nitrogen and oxygen atoms in total. The van der Waals surface area contributed by atoms with Gasteiger partial charge in [-0.1, -0.05) is 86.0 Å². The standard InChI is InChI=1S/C23H39F7O2/c1-16(2)9-6-10-17(3)11-7-12-18(4)13-8-14-19(5)20(31)32-15-21(24,25)22(26,27)23(28,29)30/h16-19H,6-15H2,1-5H3. The summed E-state index contributed by atoms with van der Waals surface area (Å²) in [6.45, 7) is 7.85. The highest BCUT2D eigenvalue weighted by Crippen LogP contribution is 2.46. The third-order valence-electron chi connectivity index (χ3n) is 5.82. The fourth-order valence-electron chi connectivity index (χ4n) is 3.47. The van der Waals surface area contributed by atoms with Crippen molar-refractivity contribution in [2.45, 2.75) is 110 Å². The lowest BCUT2D eigenvalue weighted by Gasteiger charge is -2.28. The zero-order valence-electron chi connectivity index (χ0n) is 19.8. The fourth-order valence-corrected chi connectivity index (χ4v) is 3.47. The van der Waals surface area contributed by atoms with Crippen molar-refractivity contribution in [3.8, 4) is 0 Å². The first kappa shape index (κ1) is 31.0. The molecule has 0 amide bonds. The first-order valence-electron chi connectivity index (χ1n) is 11.5. The number of halogens is 7. The average Bonchev–Trinajstić information content (AvgIpc) is 2.64. The molecule has 0 aromatic rings. The molecule has 0 heterocycles. The van der Waals surface area contributed by atoms with Gasteiger partial charge < -0.3 is 4.74 Å². The Hall–Kier alpha value is -1.02. The van der Waals surface area contributed by atoms with Gasteiger partial charge in [0.15, 0.2) is 6.61 Å². The van der Waals surface area contributed by atoms with E-state index in [1.54, 1.807) is 0 Å². The molecule has 0 bridgehead atoms. The summed E-state index contributed by atoms with van der Waals surface area (Å²) in [7, 11) is 0. The zero-order chi connectivity index (χ0) is 25.2. The van der Waals surface area contributed by atoms with Crippen LogP contribution in [0.15, 0.2) is 0 Å². The molecule has 0 aliphatic heterocycles. The topological polar surface area (TPSA) is 26.3 Å². The molecular weight excluding hydrogens is 441 g/mol. The maximum absolute atomic E-state index is 13.2. The number of carbonyl (C=O) groups is 1. The minimum Gasteiger partial charge on any atom is -0.459 e. The number of carbonyl (C=O) groups excluding carboxylic acids is 1. The molecule has 192 valence electrons. The van der Waals surface area contributed by atoms with Gasteiger partial charge in [0, 0.05) is 0 Å². The van der Waals surface area contributed by atoms with Crippen molar-refractivity contribution < 1.29 is 40.3 Å². The Morgan fingerprint density at radius 3 is 1.50 bits per heavy atom. The van der Waals surface area contributed by atoms with Crippen LogP contribution in [-0.4, -0.2) is 30.6 Å². The van der Waals surface area contributed by atoms with Crippen LogP contribution in [0.3, 0.4) is 0 Å². The van der Waals surface area contributed by atoms with E-state index in [9.17, 15) is 35.5 Å². The van der Waals surface area contributed by atoms with E-state index >= 15 is 0 Å². The molecule has 0 spiro atoms. The van der Waals surface area contributed by atoms with Gasteiger partial charge in [-0.3, -0.25) is 4.79 Å². The summed E-state index contributed by atoms with van der Waals surface area (Å²) in [5.41, 5.74) is 0. The largest absolute Gasteiger partial charge is 0.460 e. The van der Waals surface area contributed by atoms with Gasteiger partial charge in [0.05, 0.1) is 5.92 Å². The van der Waals surface area contributed by atoms with E-state index in [-0.39, 0.29) is 6.42 Å². The summed E-state index contributed by atoms with van der Waals surface area (Å²) in [4.78, 5) is 11.7. The number of hydrogen-bond donors (Lipinski definition) is 0. The second-order valence-electron chi connectivity index (χ2n) is 9.68. The van der Waals surface area contributed by atoms with Gasteiger partial charge >= 0.3 is 24.0 Å². The molecule has 32 heavy (non-hydrogen) atoms. The van der Waals surface area contributed by atoms with E-state index in [0.29, 0.717) is 18.3 Å². The molecule has 9 heteroatoms. The van der Waals surface area contributed by atoms with Crippen molar-refractivity contribution >= 4 is 5.97 Å². The molecule has 0 aliphatic carbocycles. The minimum atomic E-state index is -6.43. The van der Waals surface area contributed by atoms with Crippen LogP contribution in [0.2, 0.25) is 0 Å². The fraction of sp³-hybridized carbons (Fsp3) is 0.957. The van der Waals surface area contributed by atoms with Gasteiger partial charge in [0.1, 0.15) is 0 Å². The minimum absolute atomic E-state index is 0.288. The summed E-state index contributed by atoms with van der Waals surface area (Å²) in [6, 6.07) is 0. The van der Waals surface area contributed by atoms with Crippen molar-refractivity contribution in [3.05, 3.63) is 0 Å². The SMILES string of the molecule is CC(C)CCCC(C)CCCC(C)CCCC(C)C(=O)OCC(F)(F)C(F)(F)C(F)(F)F. The molecule has 0 aromatic carbocycles. The van der Waals surface area contributed by atoms with Crippen molar-refractivity contribution in [2.75, 3.05) is 6.61 Å². The Bertz CT molecular complexity index is 533.